The van der Waals surface area contributed by atoms with E-state index in [1.54, 1.807) is 11.3 Å². The van der Waals surface area contributed by atoms with Crippen LogP contribution in [0.25, 0.3) is 0 Å². The molecule has 0 bridgehead atoms. The fraction of sp³-hybridized carbons (Fsp3) is 0.476. The molecule has 26 heavy (non-hydrogen) atoms. The number of benzene rings is 1. The summed E-state index contributed by atoms with van der Waals surface area (Å²) in [5.74, 6) is -0.354. The zero-order valence-electron chi connectivity index (χ0n) is 15.1. The molecule has 138 valence electrons. The van der Waals surface area contributed by atoms with Crippen molar-refractivity contribution < 1.29 is 14.3 Å². The number of amides is 1. The maximum Gasteiger partial charge on any atom is 0.230 e. The lowest BCUT2D eigenvalue weighted by Crippen LogP contribution is -2.48. The molecule has 1 aromatic heterocycles. The van der Waals surface area contributed by atoms with Crippen LogP contribution in [0.5, 0.6) is 0 Å². The SMILES string of the molecule is Cc1ccc(C(Cc2cccs2)C(=O)N2CCC3(CC2)OCCO3)cc1. The molecule has 0 aliphatic carbocycles. The van der Waals surface area contributed by atoms with E-state index in [0.717, 1.165) is 24.8 Å². The Morgan fingerprint density at radius 3 is 2.46 bits per heavy atom. The van der Waals surface area contributed by atoms with Gasteiger partial charge in [-0.2, -0.15) is 0 Å². The Kier molecular flexibility index (Phi) is 5.11. The van der Waals surface area contributed by atoms with Gasteiger partial charge in [0.15, 0.2) is 5.79 Å². The molecule has 4 rings (SSSR count). The normalized spacial score (nSPS) is 20.4. The van der Waals surface area contributed by atoms with Gasteiger partial charge in [0.05, 0.1) is 19.1 Å². The van der Waals surface area contributed by atoms with Crippen LogP contribution >= 0.6 is 11.3 Å². The average Bonchev–Trinajstić information content (AvgIpc) is 3.33. The third-order valence-electron chi connectivity index (χ3n) is 5.41. The van der Waals surface area contributed by atoms with E-state index in [1.165, 1.54) is 10.4 Å². The fourth-order valence-corrected chi connectivity index (χ4v) is 4.60. The van der Waals surface area contributed by atoms with Crippen LogP contribution in [-0.4, -0.2) is 42.9 Å². The van der Waals surface area contributed by atoms with Crippen LogP contribution in [0.15, 0.2) is 41.8 Å². The van der Waals surface area contributed by atoms with Crippen molar-refractivity contribution in [3.8, 4) is 0 Å². The van der Waals surface area contributed by atoms with Crippen molar-refractivity contribution in [1.29, 1.82) is 0 Å². The van der Waals surface area contributed by atoms with Gasteiger partial charge in [-0.25, -0.2) is 0 Å². The molecule has 2 fully saturated rings. The van der Waals surface area contributed by atoms with Crippen molar-refractivity contribution in [1.82, 2.24) is 4.90 Å². The monoisotopic (exact) mass is 371 g/mol. The summed E-state index contributed by atoms with van der Waals surface area (Å²) >= 11 is 1.72. The summed E-state index contributed by atoms with van der Waals surface area (Å²) in [7, 11) is 0. The standard InChI is InChI=1S/C21H25NO3S/c1-16-4-6-17(7-5-16)19(15-18-3-2-14-26-18)20(23)22-10-8-21(9-11-22)24-12-13-25-21/h2-7,14,19H,8-13,15H2,1H3. The molecule has 3 heterocycles. The van der Waals surface area contributed by atoms with Gasteiger partial charge in [-0.15, -0.1) is 11.3 Å². The molecule has 1 amide bonds. The van der Waals surface area contributed by atoms with E-state index in [4.69, 9.17) is 9.47 Å². The first-order valence-electron chi connectivity index (χ1n) is 9.31. The predicted octanol–water partition coefficient (Wildman–Crippen LogP) is 3.75. The first kappa shape index (κ1) is 17.7. The molecule has 1 aromatic carbocycles. The molecule has 2 aliphatic heterocycles. The minimum absolute atomic E-state index is 0.131. The second-order valence-corrected chi connectivity index (χ2v) is 8.21. The van der Waals surface area contributed by atoms with Crippen molar-refractivity contribution in [2.24, 2.45) is 0 Å². The molecule has 2 aliphatic rings. The molecule has 0 radical (unpaired) electrons. The van der Waals surface area contributed by atoms with Gasteiger partial charge >= 0.3 is 0 Å². The van der Waals surface area contributed by atoms with Gasteiger partial charge in [-0.05, 0) is 30.4 Å². The number of carbonyl (C=O) groups is 1. The number of likely N-dealkylation sites (tertiary alicyclic amines) is 1. The van der Waals surface area contributed by atoms with Crippen LogP contribution in [0.3, 0.4) is 0 Å². The van der Waals surface area contributed by atoms with Gasteiger partial charge in [0.1, 0.15) is 0 Å². The number of piperidine rings is 1. The molecule has 2 saturated heterocycles. The minimum Gasteiger partial charge on any atom is -0.347 e. The highest BCUT2D eigenvalue weighted by Crippen LogP contribution is 2.33. The van der Waals surface area contributed by atoms with Crippen LogP contribution in [0, 0.1) is 6.92 Å². The van der Waals surface area contributed by atoms with E-state index in [1.807, 2.05) is 4.90 Å². The van der Waals surface area contributed by atoms with Gasteiger partial charge in [0.25, 0.3) is 0 Å². The zero-order valence-corrected chi connectivity index (χ0v) is 16.0. The summed E-state index contributed by atoms with van der Waals surface area (Å²) in [5, 5.41) is 2.07. The van der Waals surface area contributed by atoms with Crippen molar-refractivity contribution in [3.05, 3.63) is 57.8 Å². The number of carbonyl (C=O) groups excluding carboxylic acids is 1. The first-order chi connectivity index (χ1) is 12.7. The van der Waals surface area contributed by atoms with E-state index in [2.05, 4.69) is 48.7 Å². The molecule has 0 saturated carbocycles. The van der Waals surface area contributed by atoms with Crippen LogP contribution in [0.4, 0.5) is 0 Å². The molecule has 1 spiro atoms. The Morgan fingerprint density at radius 1 is 1.15 bits per heavy atom. The van der Waals surface area contributed by atoms with Crippen molar-refractivity contribution >= 4 is 17.2 Å². The molecular formula is C21H25NO3S. The Bertz CT molecular complexity index is 725. The second kappa shape index (κ2) is 7.51. The summed E-state index contributed by atoms with van der Waals surface area (Å²) in [6, 6.07) is 12.5. The molecule has 5 heteroatoms. The molecule has 1 atom stereocenters. The number of hydrogen-bond donors (Lipinski definition) is 0. The zero-order chi connectivity index (χ0) is 18.0. The highest BCUT2D eigenvalue weighted by atomic mass is 32.1. The first-order valence-corrected chi connectivity index (χ1v) is 10.2. The van der Waals surface area contributed by atoms with Gasteiger partial charge in [0, 0.05) is 30.8 Å². The Morgan fingerprint density at radius 2 is 1.85 bits per heavy atom. The smallest absolute Gasteiger partial charge is 0.230 e. The summed E-state index contributed by atoms with van der Waals surface area (Å²) in [5.41, 5.74) is 2.31. The largest absolute Gasteiger partial charge is 0.347 e. The summed E-state index contributed by atoms with van der Waals surface area (Å²) in [4.78, 5) is 16.6. The van der Waals surface area contributed by atoms with E-state index < -0.39 is 5.79 Å². The molecular weight excluding hydrogens is 346 g/mol. The summed E-state index contributed by atoms with van der Waals surface area (Å²) in [6.45, 7) is 4.81. The maximum absolute atomic E-state index is 13.4. The van der Waals surface area contributed by atoms with E-state index >= 15 is 0 Å². The van der Waals surface area contributed by atoms with Crippen LogP contribution < -0.4 is 0 Å². The van der Waals surface area contributed by atoms with Gasteiger partial charge in [0.2, 0.25) is 5.91 Å². The quantitative estimate of drug-likeness (QED) is 0.822. The van der Waals surface area contributed by atoms with Crippen LogP contribution in [0.2, 0.25) is 0 Å². The number of rotatable bonds is 4. The number of aryl methyl sites for hydroxylation is 1. The van der Waals surface area contributed by atoms with E-state index in [-0.39, 0.29) is 11.8 Å². The number of thiophene rings is 1. The van der Waals surface area contributed by atoms with Crippen LogP contribution in [0.1, 0.15) is 34.8 Å². The number of nitrogens with zero attached hydrogens (tertiary/aromatic N) is 1. The minimum atomic E-state index is -0.441. The van der Waals surface area contributed by atoms with Crippen molar-refractivity contribution in [2.45, 2.75) is 37.9 Å². The maximum atomic E-state index is 13.4. The highest BCUT2D eigenvalue weighted by Gasteiger charge is 2.41. The Balaban J connectivity index is 1.51. The van der Waals surface area contributed by atoms with Gasteiger partial charge < -0.3 is 14.4 Å². The van der Waals surface area contributed by atoms with Crippen molar-refractivity contribution in [3.63, 3.8) is 0 Å². The molecule has 0 N–H and O–H groups in total. The third kappa shape index (κ3) is 3.70. The topological polar surface area (TPSA) is 38.8 Å². The average molecular weight is 372 g/mol. The lowest BCUT2D eigenvalue weighted by Gasteiger charge is -2.39. The predicted molar refractivity (Wildman–Crippen MR) is 102 cm³/mol. The van der Waals surface area contributed by atoms with Gasteiger partial charge in [-0.1, -0.05) is 35.9 Å². The van der Waals surface area contributed by atoms with Gasteiger partial charge in [-0.3, -0.25) is 4.79 Å². The van der Waals surface area contributed by atoms with Crippen LogP contribution in [-0.2, 0) is 20.7 Å². The third-order valence-corrected chi connectivity index (χ3v) is 6.31. The lowest BCUT2D eigenvalue weighted by atomic mass is 9.91. The summed E-state index contributed by atoms with van der Waals surface area (Å²) < 4.78 is 11.6. The molecule has 4 nitrogen and oxygen atoms in total. The van der Waals surface area contributed by atoms with E-state index in [9.17, 15) is 4.79 Å². The highest BCUT2D eigenvalue weighted by molar-refractivity contribution is 7.09. The number of hydrogen-bond acceptors (Lipinski definition) is 4. The Hall–Kier alpha value is -1.69. The van der Waals surface area contributed by atoms with E-state index in [0.29, 0.717) is 26.3 Å². The lowest BCUT2D eigenvalue weighted by molar-refractivity contribution is -0.187. The Labute approximate surface area is 158 Å². The fourth-order valence-electron chi connectivity index (χ4n) is 3.85. The van der Waals surface area contributed by atoms with Crippen molar-refractivity contribution in [2.75, 3.05) is 26.3 Å². The summed E-state index contributed by atoms with van der Waals surface area (Å²) in [6.07, 6.45) is 2.28. The molecule has 1 unspecified atom stereocenters. The molecule has 2 aromatic rings. The second-order valence-electron chi connectivity index (χ2n) is 7.18. The number of ether oxygens (including phenoxy) is 2.